The van der Waals surface area contributed by atoms with E-state index < -0.39 is 10.1 Å². The molecule has 1 aromatic rings. The lowest BCUT2D eigenvalue weighted by atomic mass is 10.2. The van der Waals surface area contributed by atoms with E-state index >= 15 is 0 Å². The van der Waals surface area contributed by atoms with Crippen molar-refractivity contribution < 1.29 is 36.7 Å². The second kappa shape index (κ2) is 23.7. The van der Waals surface area contributed by atoms with Gasteiger partial charge in [0.15, 0.2) is 0 Å². The standard InChI is InChI=1S/C16H26O5S.C9H20O3/c1-3-19-13-14-20-11-5-4-6-12-21-22(17,18)16-9-7-15(2)8-10-16;1-2-11-8-9-12-7-5-3-4-6-10/h7-10H,3-6,11-14H2,1-2H3;10H,2-9H2,1H3. The summed E-state index contributed by atoms with van der Waals surface area (Å²) in [5.41, 5.74) is 1.02. The van der Waals surface area contributed by atoms with Crippen molar-refractivity contribution >= 4 is 10.1 Å². The van der Waals surface area contributed by atoms with Crippen molar-refractivity contribution in [3.05, 3.63) is 29.8 Å². The summed E-state index contributed by atoms with van der Waals surface area (Å²) >= 11 is 0. The molecule has 0 aromatic heterocycles. The summed E-state index contributed by atoms with van der Waals surface area (Å²) in [6.45, 7) is 11.8. The van der Waals surface area contributed by atoms with E-state index in [4.69, 9.17) is 28.2 Å². The maximum Gasteiger partial charge on any atom is 0.296 e. The Kier molecular flexibility index (Phi) is 22.9. The molecule has 0 aliphatic rings. The molecule has 0 heterocycles. The molecule has 1 aromatic carbocycles. The highest BCUT2D eigenvalue weighted by Gasteiger charge is 2.14. The number of aliphatic hydroxyl groups excluding tert-OH is 1. The van der Waals surface area contributed by atoms with Crippen LogP contribution in [0.25, 0.3) is 0 Å². The molecule has 0 atom stereocenters. The van der Waals surface area contributed by atoms with Gasteiger partial charge < -0.3 is 24.1 Å². The smallest absolute Gasteiger partial charge is 0.296 e. The van der Waals surface area contributed by atoms with E-state index in [1.807, 2.05) is 20.8 Å². The van der Waals surface area contributed by atoms with Gasteiger partial charge in [-0.2, -0.15) is 8.42 Å². The maximum atomic E-state index is 11.9. The maximum absolute atomic E-state index is 11.9. The van der Waals surface area contributed by atoms with Gasteiger partial charge in [-0.15, -0.1) is 0 Å². The molecule has 8 nitrogen and oxygen atoms in total. The number of aliphatic hydroxyl groups is 1. The van der Waals surface area contributed by atoms with Gasteiger partial charge >= 0.3 is 0 Å². The molecule has 0 amide bonds. The number of unbranched alkanes of at least 4 members (excludes halogenated alkanes) is 4. The highest BCUT2D eigenvalue weighted by Crippen LogP contribution is 2.13. The van der Waals surface area contributed by atoms with Gasteiger partial charge in [0.1, 0.15) is 0 Å². The molecule has 0 unspecified atom stereocenters. The van der Waals surface area contributed by atoms with E-state index in [1.165, 1.54) is 0 Å². The molecule has 0 spiro atoms. The first-order valence-corrected chi connectivity index (χ1v) is 13.8. The van der Waals surface area contributed by atoms with Gasteiger partial charge in [0.2, 0.25) is 0 Å². The molecule has 0 radical (unpaired) electrons. The lowest BCUT2D eigenvalue weighted by molar-refractivity contribution is 0.0509. The van der Waals surface area contributed by atoms with Crippen LogP contribution in [-0.4, -0.2) is 79.6 Å². The van der Waals surface area contributed by atoms with Crippen LogP contribution in [0.2, 0.25) is 0 Å². The number of aryl methyl sites for hydroxylation is 1. The molecule has 0 saturated carbocycles. The minimum absolute atomic E-state index is 0.204. The predicted molar refractivity (Wildman–Crippen MR) is 134 cm³/mol. The summed E-state index contributed by atoms with van der Waals surface area (Å²) in [5.74, 6) is 0. The van der Waals surface area contributed by atoms with Gasteiger partial charge in [0.05, 0.1) is 37.9 Å². The number of ether oxygens (including phenoxy) is 4. The monoisotopic (exact) mass is 506 g/mol. The molecular formula is C25H46O8S. The highest BCUT2D eigenvalue weighted by molar-refractivity contribution is 7.86. The molecule has 0 bridgehead atoms. The van der Waals surface area contributed by atoms with Crippen LogP contribution in [0.4, 0.5) is 0 Å². The van der Waals surface area contributed by atoms with Gasteiger partial charge in [-0.05, 0) is 71.4 Å². The second-order valence-electron chi connectivity index (χ2n) is 7.55. The molecule has 1 rings (SSSR count). The summed E-state index contributed by atoms with van der Waals surface area (Å²) in [6.07, 6.45) is 5.42. The fourth-order valence-electron chi connectivity index (χ4n) is 2.65. The average molecular weight is 507 g/mol. The van der Waals surface area contributed by atoms with Crippen molar-refractivity contribution in [1.29, 1.82) is 0 Å². The van der Waals surface area contributed by atoms with Crippen molar-refractivity contribution in [3.63, 3.8) is 0 Å². The molecule has 9 heteroatoms. The van der Waals surface area contributed by atoms with Crippen molar-refractivity contribution in [2.45, 2.75) is 64.2 Å². The zero-order chi connectivity index (χ0) is 25.3. The van der Waals surface area contributed by atoms with Crippen LogP contribution >= 0.6 is 0 Å². The third kappa shape index (κ3) is 20.3. The van der Waals surface area contributed by atoms with Gasteiger partial charge in [0.25, 0.3) is 10.1 Å². The Balaban J connectivity index is 0.000000770. The summed E-state index contributed by atoms with van der Waals surface area (Å²) in [7, 11) is -3.63. The van der Waals surface area contributed by atoms with Gasteiger partial charge in [-0.1, -0.05) is 17.7 Å². The van der Waals surface area contributed by atoms with E-state index in [9.17, 15) is 8.42 Å². The molecule has 200 valence electrons. The SMILES string of the molecule is CCOCCOCCCCCO.CCOCCOCCCCCOS(=O)(=O)c1ccc(C)cc1. The zero-order valence-electron chi connectivity index (χ0n) is 21.3. The topological polar surface area (TPSA) is 101 Å². The summed E-state index contributed by atoms with van der Waals surface area (Å²) in [4.78, 5) is 0.206. The van der Waals surface area contributed by atoms with E-state index in [0.29, 0.717) is 52.7 Å². The van der Waals surface area contributed by atoms with Gasteiger partial charge in [-0.25, -0.2) is 0 Å². The van der Waals surface area contributed by atoms with Crippen molar-refractivity contribution in [1.82, 2.24) is 0 Å². The Labute approximate surface area is 207 Å². The van der Waals surface area contributed by atoms with Crippen LogP contribution in [0.1, 0.15) is 57.9 Å². The van der Waals surface area contributed by atoms with Crippen LogP contribution in [0, 0.1) is 6.92 Å². The normalized spacial score (nSPS) is 11.3. The Bertz CT molecular complexity index is 639. The molecule has 0 aliphatic heterocycles. The Morgan fingerprint density at radius 3 is 1.62 bits per heavy atom. The highest BCUT2D eigenvalue weighted by atomic mass is 32.2. The van der Waals surface area contributed by atoms with Crippen LogP contribution in [0.3, 0.4) is 0 Å². The third-order valence-electron chi connectivity index (χ3n) is 4.58. The van der Waals surface area contributed by atoms with Crippen LogP contribution in [0.15, 0.2) is 29.2 Å². The van der Waals surface area contributed by atoms with E-state index in [1.54, 1.807) is 24.3 Å². The fourth-order valence-corrected chi connectivity index (χ4v) is 3.59. The molecule has 0 saturated heterocycles. The third-order valence-corrected chi connectivity index (χ3v) is 5.91. The number of rotatable bonds is 21. The van der Waals surface area contributed by atoms with Crippen molar-refractivity contribution in [2.75, 3.05) is 66.1 Å². The van der Waals surface area contributed by atoms with E-state index in [2.05, 4.69) is 0 Å². The van der Waals surface area contributed by atoms with Crippen LogP contribution in [-0.2, 0) is 33.2 Å². The molecule has 1 N–H and O–H groups in total. The summed E-state index contributed by atoms with van der Waals surface area (Å²) < 4.78 is 49.8. The predicted octanol–water partition coefficient (Wildman–Crippen LogP) is 4.13. The minimum atomic E-state index is -3.63. The summed E-state index contributed by atoms with van der Waals surface area (Å²) in [6, 6.07) is 6.65. The quantitative estimate of drug-likeness (QED) is 0.196. The lowest BCUT2D eigenvalue weighted by Gasteiger charge is -2.06. The molecular weight excluding hydrogens is 460 g/mol. The molecule has 0 aliphatic carbocycles. The Morgan fingerprint density at radius 1 is 0.647 bits per heavy atom. The molecule has 0 fully saturated rings. The number of hydrogen-bond acceptors (Lipinski definition) is 8. The van der Waals surface area contributed by atoms with E-state index in [-0.39, 0.29) is 11.5 Å². The van der Waals surface area contributed by atoms with E-state index in [0.717, 1.165) is 50.9 Å². The van der Waals surface area contributed by atoms with Crippen molar-refractivity contribution in [3.8, 4) is 0 Å². The first-order valence-electron chi connectivity index (χ1n) is 12.4. The average Bonchev–Trinajstić information content (AvgIpc) is 2.83. The summed E-state index contributed by atoms with van der Waals surface area (Å²) in [5, 5.41) is 8.48. The lowest BCUT2D eigenvalue weighted by Crippen LogP contribution is -2.08. The van der Waals surface area contributed by atoms with Gasteiger partial charge in [-0.3, -0.25) is 4.18 Å². The number of hydrogen-bond donors (Lipinski definition) is 1. The second-order valence-corrected chi connectivity index (χ2v) is 9.17. The largest absolute Gasteiger partial charge is 0.396 e. The van der Waals surface area contributed by atoms with Crippen LogP contribution < -0.4 is 0 Å². The Morgan fingerprint density at radius 2 is 1.12 bits per heavy atom. The number of benzene rings is 1. The fraction of sp³-hybridized carbons (Fsp3) is 0.760. The molecule has 34 heavy (non-hydrogen) atoms. The van der Waals surface area contributed by atoms with Crippen LogP contribution in [0.5, 0.6) is 0 Å². The first-order chi connectivity index (χ1) is 16.5. The Hall–Kier alpha value is -1.07. The first kappa shape index (κ1) is 32.9. The zero-order valence-corrected chi connectivity index (χ0v) is 22.2. The van der Waals surface area contributed by atoms with Crippen molar-refractivity contribution in [2.24, 2.45) is 0 Å². The van der Waals surface area contributed by atoms with Gasteiger partial charge in [0, 0.05) is 33.0 Å². The minimum Gasteiger partial charge on any atom is -0.396 e.